The number of carboxylic acid groups (broad SMARTS) is 1. The highest BCUT2D eigenvalue weighted by Crippen LogP contribution is 2.56. The quantitative estimate of drug-likeness (QED) is 0.409. The summed E-state index contributed by atoms with van der Waals surface area (Å²) < 4.78 is 5.41. The Kier molecular flexibility index (Phi) is 5.31. The van der Waals surface area contributed by atoms with E-state index in [4.69, 9.17) is 16.3 Å². The van der Waals surface area contributed by atoms with E-state index in [1.165, 1.54) is 17.8 Å². The van der Waals surface area contributed by atoms with Gasteiger partial charge in [-0.15, -0.1) is 23.4 Å². The van der Waals surface area contributed by atoms with Crippen LogP contribution in [0.4, 0.5) is 11.4 Å². The fourth-order valence-electron chi connectivity index (χ4n) is 4.40. The van der Waals surface area contributed by atoms with Crippen molar-refractivity contribution in [2.24, 2.45) is 5.92 Å². The molecule has 0 saturated heterocycles. The van der Waals surface area contributed by atoms with Crippen molar-refractivity contribution in [3.05, 3.63) is 58.1 Å². The lowest BCUT2D eigenvalue weighted by molar-refractivity contribution is -0.387. The summed E-state index contributed by atoms with van der Waals surface area (Å²) in [7, 11) is 1.54. The number of nitrogens with zero attached hydrogens (tertiary/aromatic N) is 1. The zero-order chi connectivity index (χ0) is 20.7. The van der Waals surface area contributed by atoms with E-state index in [-0.39, 0.29) is 28.2 Å². The van der Waals surface area contributed by atoms with Crippen molar-refractivity contribution in [3.63, 3.8) is 0 Å². The molecule has 0 radical (unpaired) electrons. The van der Waals surface area contributed by atoms with Gasteiger partial charge in [0.15, 0.2) is 0 Å². The van der Waals surface area contributed by atoms with Crippen molar-refractivity contribution in [1.29, 1.82) is 0 Å². The number of thioether (sulfide) groups is 1. The molecule has 5 atom stereocenters. The molecule has 2 aromatic rings. The first kappa shape index (κ1) is 19.8. The van der Waals surface area contributed by atoms with Gasteiger partial charge in [-0.25, -0.2) is 4.79 Å². The summed E-state index contributed by atoms with van der Waals surface area (Å²) in [6, 6.07) is 11.3. The van der Waals surface area contributed by atoms with Crippen molar-refractivity contribution >= 4 is 40.7 Å². The number of nitro benzene ring substituents is 1. The van der Waals surface area contributed by atoms with Gasteiger partial charge in [-0.05, 0) is 30.0 Å². The SMILES string of the molecule is COc1cccc2c1N[C@H](C(=O)O)[C@@H]1C[C@H](Sc3ccccc3[N+](=O)[O-])[C@@H](Cl)[C@@H]21. The summed E-state index contributed by atoms with van der Waals surface area (Å²) in [5.74, 6) is -0.790. The first-order valence-electron chi connectivity index (χ1n) is 9.12. The Labute approximate surface area is 176 Å². The van der Waals surface area contributed by atoms with Crippen molar-refractivity contribution in [3.8, 4) is 5.75 Å². The molecule has 1 heterocycles. The van der Waals surface area contributed by atoms with E-state index in [0.717, 1.165) is 5.56 Å². The highest BCUT2D eigenvalue weighted by molar-refractivity contribution is 8.00. The number of nitro groups is 1. The molecule has 1 saturated carbocycles. The number of carboxylic acids is 1. The number of para-hydroxylation sites is 2. The summed E-state index contributed by atoms with van der Waals surface area (Å²) in [4.78, 5) is 23.5. The molecule has 0 aromatic heterocycles. The van der Waals surface area contributed by atoms with Crippen LogP contribution in [0.2, 0.25) is 0 Å². The Morgan fingerprint density at radius 3 is 2.76 bits per heavy atom. The van der Waals surface area contributed by atoms with Gasteiger partial charge in [-0.2, -0.15) is 0 Å². The molecular weight excluding hydrogens is 416 g/mol. The number of benzene rings is 2. The summed E-state index contributed by atoms with van der Waals surface area (Å²) in [5.41, 5.74) is 1.62. The first-order valence-corrected chi connectivity index (χ1v) is 10.4. The van der Waals surface area contributed by atoms with Crippen molar-refractivity contribution in [2.75, 3.05) is 12.4 Å². The summed E-state index contributed by atoms with van der Waals surface area (Å²) >= 11 is 8.23. The number of halogens is 1. The second kappa shape index (κ2) is 7.76. The highest BCUT2D eigenvalue weighted by Gasteiger charge is 2.52. The van der Waals surface area contributed by atoms with E-state index in [0.29, 0.717) is 22.8 Å². The first-order chi connectivity index (χ1) is 13.9. The van der Waals surface area contributed by atoms with Gasteiger partial charge in [0.05, 0.1) is 28.0 Å². The molecule has 0 amide bonds. The average Bonchev–Trinajstić information content (AvgIpc) is 3.03. The lowest BCUT2D eigenvalue weighted by Crippen LogP contribution is -2.42. The van der Waals surface area contributed by atoms with Crippen LogP contribution >= 0.6 is 23.4 Å². The summed E-state index contributed by atoms with van der Waals surface area (Å²) in [6.07, 6.45) is 0.538. The number of hydrogen-bond acceptors (Lipinski definition) is 6. The minimum Gasteiger partial charge on any atom is -0.495 e. The molecule has 0 spiro atoms. The second-order valence-electron chi connectivity index (χ2n) is 7.14. The molecule has 1 aliphatic carbocycles. The minimum absolute atomic E-state index is 0.0335. The van der Waals surface area contributed by atoms with E-state index in [1.807, 2.05) is 12.1 Å². The Bertz CT molecular complexity index is 972. The van der Waals surface area contributed by atoms with Crippen LogP contribution in [0.3, 0.4) is 0 Å². The Morgan fingerprint density at radius 1 is 1.31 bits per heavy atom. The fraction of sp³-hybridized carbons (Fsp3) is 0.350. The van der Waals surface area contributed by atoms with E-state index >= 15 is 0 Å². The number of methoxy groups -OCH3 is 1. The third kappa shape index (κ3) is 3.40. The zero-order valence-corrected chi connectivity index (χ0v) is 17.0. The summed E-state index contributed by atoms with van der Waals surface area (Å²) in [6.45, 7) is 0. The molecule has 0 bridgehead atoms. The lowest BCUT2D eigenvalue weighted by atomic mass is 9.79. The molecule has 1 fully saturated rings. The zero-order valence-electron chi connectivity index (χ0n) is 15.4. The van der Waals surface area contributed by atoms with Crippen LogP contribution in [0.25, 0.3) is 0 Å². The predicted octanol–water partition coefficient (Wildman–Crippen LogP) is 4.35. The van der Waals surface area contributed by atoms with Crippen LogP contribution in [0.5, 0.6) is 5.75 Å². The third-order valence-corrected chi connectivity index (χ3v) is 7.75. The number of aliphatic carboxylic acids is 1. The second-order valence-corrected chi connectivity index (χ2v) is 8.92. The topological polar surface area (TPSA) is 102 Å². The number of alkyl halides is 1. The molecule has 4 rings (SSSR count). The maximum absolute atomic E-state index is 12.0. The molecule has 2 aromatic carbocycles. The predicted molar refractivity (Wildman–Crippen MR) is 111 cm³/mol. The number of ether oxygens (including phenoxy) is 1. The molecule has 2 aliphatic rings. The monoisotopic (exact) mass is 434 g/mol. The fourth-order valence-corrected chi connectivity index (χ4v) is 6.34. The van der Waals surface area contributed by atoms with E-state index in [2.05, 4.69) is 5.32 Å². The van der Waals surface area contributed by atoms with Gasteiger partial charge in [0.1, 0.15) is 11.8 Å². The van der Waals surface area contributed by atoms with Gasteiger partial charge in [-0.1, -0.05) is 24.3 Å². The minimum atomic E-state index is -0.947. The van der Waals surface area contributed by atoms with E-state index in [9.17, 15) is 20.0 Å². The van der Waals surface area contributed by atoms with Crippen LogP contribution in [0.15, 0.2) is 47.4 Å². The van der Waals surface area contributed by atoms with E-state index in [1.54, 1.807) is 31.4 Å². The number of nitrogens with one attached hydrogen (secondary N) is 1. The average molecular weight is 435 g/mol. The number of hydrogen-bond donors (Lipinski definition) is 2. The van der Waals surface area contributed by atoms with Crippen LogP contribution < -0.4 is 10.1 Å². The number of fused-ring (bicyclic) bond motifs is 3. The van der Waals surface area contributed by atoms with Crippen molar-refractivity contribution in [1.82, 2.24) is 0 Å². The van der Waals surface area contributed by atoms with Gasteiger partial charge < -0.3 is 15.2 Å². The molecule has 0 unspecified atom stereocenters. The molecular formula is C20H19ClN2O5S. The maximum Gasteiger partial charge on any atom is 0.326 e. The van der Waals surface area contributed by atoms with Gasteiger partial charge >= 0.3 is 5.97 Å². The van der Waals surface area contributed by atoms with Gasteiger partial charge in [0, 0.05) is 17.2 Å². The van der Waals surface area contributed by atoms with Crippen LogP contribution in [-0.4, -0.2) is 39.8 Å². The molecule has 7 nitrogen and oxygen atoms in total. The van der Waals surface area contributed by atoms with Gasteiger partial charge in [-0.3, -0.25) is 10.1 Å². The van der Waals surface area contributed by atoms with E-state index < -0.39 is 16.9 Å². The standard InChI is InChI=1S/C20H19ClN2O5S/c1-28-13-7-4-5-10-16-11(19(20(24)25)22-18(10)13)9-15(17(16)21)29-14-8-3-2-6-12(14)23(26)27/h2-8,11,15-17,19,22H,9H2,1H3,(H,24,25)/t11-,15+,16+,17-,19+/m1/s1. The van der Waals surface area contributed by atoms with Crippen LogP contribution in [0.1, 0.15) is 17.9 Å². The van der Waals surface area contributed by atoms with Gasteiger partial charge in [0.25, 0.3) is 5.69 Å². The number of rotatable bonds is 5. The molecule has 9 heteroatoms. The maximum atomic E-state index is 12.0. The molecule has 29 heavy (non-hydrogen) atoms. The number of carbonyl (C=O) groups is 1. The van der Waals surface area contributed by atoms with Crippen LogP contribution in [0, 0.1) is 16.0 Å². The van der Waals surface area contributed by atoms with Crippen molar-refractivity contribution in [2.45, 2.75) is 33.9 Å². The highest BCUT2D eigenvalue weighted by atomic mass is 35.5. The Morgan fingerprint density at radius 2 is 2.07 bits per heavy atom. The number of anilines is 1. The third-order valence-electron chi connectivity index (χ3n) is 5.64. The molecule has 2 N–H and O–H groups in total. The molecule has 1 aliphatic heterocycles. The lowest BCUT2D eigenvalue weighted by Gasteiger charge is -2.36. The Balaban J connectivity index is 1.71. The smallest absolute Gasteiger partial charge is 0.326 e. The van der Waals surface area contributed by atoms with Crippen LogP contribution in [-0.2, 0) is 4.79 Å². The Hall–Kier alpha value is -2.45. The molecule has 152 valence electrons. The van der Waals surface area contributed by atoms with Crippen molar-refractivity contribution < 1.29 is 19.6 Å². The summed E-state index contributed by atoms with van der Waals surface area (Å²) in [5, 5.41) is 23.8. The van der Waals surface area contributed by atoms with Gasteiger partial charge in [0.2, 0.25) is 0 Å². The largest absolute Gasteiger partial charge is 0.495 e. The normalized spacial score (nSPS) is 27.4.